The van der Waals surface area contributed by atoms with Crippen molar-refractivity contribution in [2.45, 2.75) is 140 Å². The summed E-state index contributed by atoms with van der Waals surface area (Å²) in [6, 6.07) is 0. The van der Waals surface area contributed by atoms with Crippen LogP contribution in [-0.2, 0) is 0 Å². The quantitative estimate of drug-likeness (QED) is 0.0876. The van der Waals surface area contributed by atoms with Gasteiger partial charge in [0, 0.05) is 0 Å². The van der Waals surface area contributed by atoms with Crippen LogP contribution in [0.15, 0.2) is 0 Å². The predicted molar refractivity (Wildman–Crippen MR) is 187 cm³/mol. The van der Waals surface area contributed by atoms with Gasteiger partial charge in [0.1, 0.15) is 0 Å². The summed E-state index contributed by atoms with van der Waals surface area (Å²) >= 11 is -0.876. The van der Waals surface area contributed by atoms with Gasteiger partial charge in [0.2, 0.25) is 0 Å². The number of rotatable bonds is 23. The van der Waals surface area contributed by atoms with Crippen LogP contribution in [0.25, 0.3) is 0 Å². The van der Waals surface area contributed by atoms with E-state index in [1.165, 1.54) is 99.7 Å². The van der Waals surface area contributed by atoms with Gasteiger partial charge in [-0.1, -0.05) is 110 Å². The molecule has 0 aromatic heterocycles. The third-order valence-corrected chi connectivity index (χ3v) is 16.4. The van der Waals surface area contributed by atoms with Gasteiger partial charge in [-0.3, -0.25) is 0 Å². The Morgan fingerprint density at radius 2 is 0.711 bits per heavy atom. The molecular formula is C32H76Al3N3. The lowest BCUT2D eigenvalue weighted by Crippen LogP contribution is -2.15. The van der Waals surface area contributed by atoms with Crippen LogP contribution in [0.3, 0.4) is 0 Å². The maximum absolute atomic E-state index is 2.43. The van der Waals surface area contributed by atoms with Crippen LogP contribution in [0, 0.1) is 0 Å². The molecule has 0 bridgehead atoms. The van der Waals surface area contributed by atoms with E-state index in [9.17, 15) is 0 Å². The molecule has 0 saturated heterocycles. The summed E-state index contributed by atoms with van der Waals surface area (Å²) in [5.41, 5.74) is 0. The molecule has 0 unspecified atom stereocenters. The molecule has 3 nitrogen and oxygen atoms in total. The molecule has 38 heavy (non-hydrogen) atoms. The molecule has 0 heterocycles. The number of hydrogen-bond donors (Lipinski definition) is 0. The highest BCUT2D eigenvalue weighted by Gasteiger charge is 2.14. The Hall–Kier alpha value is 1.48. The zero-order valence-electron chi connectivity index (χ0n) is 29.2. The molecule has 0 spiro atoms. The molecule has 0 saturated carbocycles. The van der Waals surface area contributed by atoms with E-state index in [0.29, 0.717) is 0 Å². The van der Waals surface area contributed by atoms with E-state index < -0.39 is 0 Å². The molecule has 0 aliphatic rings. The second-order valence-electron chi connectivity index (χ2n) is 13.1. The van der Waals surface area contributed by atoms with E-state index >= 15 is 0 Å². The summed E-state index contributed by atoms with van der Waals surface area (Å²) in [5.74, 6) is 4.85. The molecule has 0 atom stereocenters. The molecule has 6 heteroatoms. The zero-order valence-corrected chi connectivity index (χ0v) is 32.7. The van der Waals surface area contributed by atoms with Crippen molar-refractivity contribution in [1.82, 2.24) is 14.7 Å². The maximum Gasteiger partial charge on any atom is 0.261 e. The van der Waals surface area contributed by atoms with Gasteiger partial charge < -0.3 is 14.7 Å². The zero-order chi connectivity index (χ0) is 29.6. The first-order valence-electron chi connectivity index (χ1n) is 17.0. The minimum Gasteiger partial charge on any atom is -0.309 e. The Kier molecular flexibility index (Phi) is 40.1. The number of unbranched alkanes of at least 4 members (excludes halogenated alkanes) is 5. The van der Waals surface area contributed by atoms with Gasteiger partial charge in [0.05, 0.1) is 0 Å². The van der Waals surface area contributed by atoms with Gasteiger partial charge in [-0.05, 0) is 81.2 Å². The fourth-order valence-corrected chi connectivity index (χ4v) is 11.9. The van der Waals surface area contributed by atoms with E-state index in [1.54, 1.807) is 21.1 Å². The van der Waals surface area contributed by atoms with Crippen molar-refractivity contribution in [3.8, 4) is 0 Å². The van der Waals surface area contributed by atoms with Crippen LogP contribution < -0.4 is 0 Å². The van der Waals surface area contributed by atoms with E-state index in [0.717, 1.165) is 0 Å². The van der Waals surface area contributed by atoms with Gasteiger partial charge >= 0.3 is 0 Å². The van der Waals surface area contributed by atoms with Crippen LogP contribution in [-0.4, -0.2) is 119 Å². The Balaban J connectivity index is -0.000000499. The highest BCUT2D eigenvalue weighted by atomic mass is 27.2. The third-order valence-electron chi connectivity index (χ3n) is 7.66. The van der Waals surface area contributed by atoms with Crippen molar-refractivity contribution in [2.75, 3.05) is 61.9 Å². The van der Waals surface area contributed by atoms with Crippen molar-refractivity contribution in [2.24, 2.45) is 0 Å². The van der Waals surface area contributed by atoms with Crippen molar-refractivity contribution in [3.63, 3.8) is 0 Å². The molecule has 228 valence electrons. The predicted octanol–water partition coefficient (Wildman–Crippen LogP) is 9.37. The SMILES string of the molecule is CCC[CH2][Al]([CH2]CCC)[CH2]CCCN(C)C.CN(C)CCC[CH2][Al]([CH3])[CH3].C[CH2][Al]([CH2]C)[CH2]CCCN(C)C. The van der Waals surface area contributed by atoms with E-state index in [4.69, 9.17) is 0 Å². The average molecular weight is 584 g/mol. The smallest absolute Gasteiger partial charge is 0.261 e. The van der Waals surface area contributed by atoms with Gasteiger partial charge in [-0.15, -0.1) is 11.6 Å². The van der Waals surface area contributed by atoms with Crippen LogP contribution in [0.2, 0.25) is 48.6 Å². The topological polar surface area (TPSA) is 9.72 Å². The molecule has 0 N–H and O–H groups in total. The fraction of sp³-hybridized carbons (Fsp3) is 1.00. The highest BCUT2D eigenvalue weighted by Crippen LogP contribution is 2.16. The first-order chi connectivity index (χ1) is 18.0. The summed E-state index contributed by atoms with van der Waals surface area (Å²) in [6.45, 7) is 13.2. The fourth-order valence-electron chi connectivity index (χ4n) is 4.82. The normalized spacial score (nSPS) is 10.8. The maximum atomic E-state index is 2.43. The van der Waals surface area contributed by atoms with Crippen LogP contribution in [0.5, 0.6) is 0 Å². The second kappa shape index (κ2) is 34.7. The summed E-state index contributed by atoms with van der Waals surface area (Å²) in [6.07, 6.45) is 14.4. The first kappa shape index (κ1) is 43.9. The van der Waals surface area contributed by atoms with Crippen LogP contribution in [0.4, 0.5) is 0 Å². The molecule has 0 rings (SSSR count). The van der Waals surface area contributed by atoms with Crippen molar-refractivity contribution >= 4 is 42.4 Å². The van der Waals surface area contributed by atoms with Crippen molar-refractivity contribution < 1.29 is 0 Å². The number of nitrogens with zero attached hydrogens (tertiary/aromatic N) is 3. The van der Waals surface area contributed by atoms with Crippen LogP contribution in [0.1, 0.15) is 91.9 Å². The molecule has 0 fully saturated rings. The summed E-state index contributed by atoms with van der Waals surface area (Å²) in [5, 5.41) is 10.9. The molecule has 0 aliphatic carbocycles. The third kappa shape index (κ3) is 42.0. The van der Waals surface area contributed by atoms with Crippen molar-refractivity contribution in [1.29, 1.82) is 0 Å². The second-order valence-corrected chi connectivity index (χ2v) is 23.9. The monoisotopic (exact) mass is 584 g/mol. The van der Waals surface area contributed by atoms with Gasteiger partial charge in [0.25, 0.3) is 42.4 Å². The molecule has 0 aliphatic heterocycles. The Bertz CT molecular complexity index is 399. The molecule has 0 radical (unpaired) electrons. The molecular weight excluding hydrogens is 507 g/mol. The first-order valence-corrected chi connectivity index (χ1v) is 25.0. The number of hydrogen-bond acceptors (Lipinski definition) is 3. The van der Waals surface area contributed by atoms with Gasteiger partial charge in [0.15, 0.2) is 0 Å². The summed E-state index contributed by atoms with van der Waals surface area (Å²) < 4.78 is 0. The van der Waals surface area contributed by atoms with E-state index in [1.807, 2.05) is 0 Å². The summed E-state index contributed by atoms with van der Waals surface area (Å²) in [4.78, 5) is 6.87. The molecule has 0 aromatic carbocycles. The van der Waals surface area contributed by atoms with Gasteiger partial charge in [-0.2, -0.15) is 0 Å². The lowest BCUT2D eigenvalue weighted by atomic mass is 10.3. The molecule has 0 amide bonds. The lowest BCUT2D eigenvalue weighted by molar-refractivity contribution is 0.398. The van der Waals surface area contributed by atoms with E-state index in [2.05, 4.69) is 96.3 Å². The Morgan fingerprint density at radius 1 is 0.395 bits per heavy atom. The minimum atomic E-state index is -0.351. The minimum absolute atomic E-state index is 0.252. The standard InChI is InChI=1S/3C6H14N.2C4H9.2C2H5.2CH3.3Al/c3*1-4-5-6-7(2)3;2*1-3-4-2;2*1-2;;;;;/h3*1,4-6H2,2-3H3;2*1,3-4H2,2H3;2*1H2,2H3;2*1H3;;;. The lowest BCUT2D eigenvalue weighted by Gasteiger charge is -2.12. The average Bonchev–Trinajstić information content (AvgIpc) is 2.86. The highest BCUT2D eigenvalue weighted by molar-refractivity contribution is 6.59. The summed E-state index contributed by atoms with van der Waals surface area (Å²) in [7, 11) is 13.0. The Morgan fingerprint density at radius 3 is 1.00 bits per heavy atom. The van der Waals surface area contributed by atoms with Crippen molar-refractivity contribution in [3.05, 3.63) is 0 Å². The largest absolute Gasteiger partial charge is 0.309 e. The Labute approximate surface area is 258 Å². The van der Waals surface area contributed by atoms with Gasteiger partial charge in [-0.25, -0.2) is 0 Å². The molecule has 0 aromatic rings. The van der Waals surface area contributed by atoms with E-state index in [-0.39, 0.29) is 42.4 Å². The van der Waals surface area contributed by atoms with Crippen LogP contribution >= 0.6 is 0 Å².